The van der Waals surface area contributed by atoms with Crippen LogP contribution in [0.3, 0.4) is 0 Å². The first-order valence-electron chi connectivity index (χ1n) is 12.2. The van der Waals surface area contributed by atoms with Gasteiger partial charge in [0.05, 0.1) is 23.7 Å². The lowest BCUT2D eigenvalue weighted by atomic mass is 10.1. The molecule has 192 valence electrons. The lowest BCUT2D eigenvalue weighted by Crippen LogP contribution is -2.41. The van der Waals surface area contributed by atoms with Gasteiger partial charge < -0.3 is 14.5 Å². The van der Waals surface area contributed by atoms with Crippen LogP contribution in [0.4, 0.5) is 5.69 Å². The third-order valence-corrected chi connectivity index (χ3v) is 6.22. The van der Waals surface area contributed by atoms with Crippen molar-refractivity contribution in [2.75, 3.05) is 57.2 Å². The minimum Gasteiger partial charge on any atom is -0.495 e. The molecule has 1 aromatic heterocycles. The maximum atomic E-state index is 13.1. The Bertz CT molecular complexity index is 943. The van der Waals surface area contributed by atoms with Crippen molar-refractivity contribution in [3.05, 3.63) is 53.3 Å². The van der Waals surface area contributed by atoms with Crippen molar-refractivity contribution in [2.24, 2.45) is 5.10 Å². The second-order valence-electron chi connectivity index (χ2n) is 7.86. The highest BCUT2D eigenvalue weighted by atomic mass is 35.5. The lowest BCUT2D eigenvalue weighted by molar-refractivity contribution is -0.132. The lowest BCUT2D eigenvalue weighted by Gasteiger charge is -2.26. The smallest absolute Gasteiger partial charge is 0.243 e. The molecule has 1 amide bonds. The molecule has 9 heteroatoms. The Morgan fingerprint density at radius 2 is 2.00 bits per heavy atom. The molecule has 2 heterocycles. The van der Waals surface area contributed by atoms with Crippen LogP contribution in [0, 0.1) is 0 Å². The summed E-state index contributed by atoms with van der Waals surface area (Å²) < 4.78 is 5.35. The first kappa shape index (κ1) is 28.7. The van der Waals surface area contributed by atoms with Crippen molar-refractivity contribution in [2.45, 2.75) is 33.6 Å². The van der Waals surface area contributed by atoms with Gasteiger partial charge >= 0.3 is 0 Å². The van der Waals surface area contributed by atoms with Gasteiger partial charge in [0.2, 0.25) is 5.91 Å². The number of likely N-dealkylation sites (N-methyl/N-ethyl adjacent to an activating group) is 1. The molecule has 0 spiro atoms. The molecule has 0 unspecified atom stereocenters. The van der Waals surface area contributed by atoms with E-state index in [1.807, 2.05) is 62.2 Å². The fourth-order valence-electron chi connectivity index (χ4n) is 3.79. The van der Waals surface area contributed by atoms with Crippen LogP contribution in [0.15, 0.2) is 47.8 Å². The molecule has 0 aliphatic carbocycles. The van der Waals surface area contributed by atoms with Crippen molar-refractivity contribution >= 4 is 40.5 Å². The van der Waals surface area contributed by atoms with E-state index in [-0.39, 0.29) is 12.5 Å². The molecule has 35 heavy (non-hydrogen) atoms. The van der Waals surface area contributed by atoms with Crippen LogP contribution in [0.1, 0.15) is 32.8 Å². The van der Waals surface area contributed by atoms with E-state index in [2.05, 4.69) is 15.0 Å². The quantitative estimate of drug-likeness (QED) is 0.265. The SMILES string of the molecule is CC.CCN(CC(=O)N1CCCN(c2ccc(Cl)c(OC)c2)CC1)/N=C(\CCl)Cc1cccnc1. The van der Waals surface area contributed by atoms with Gasteiger partial charge in [-0.3, -0.25) is 14.8 Å². The third-order valence-electron chi connectivity index (χ3n) is 5.60. The first-order chi connectivity index (χ1) is 17.0. The number of methoxy groups -OCH3 is 1. The second kappa shape index (κ2) is 15.5. The predicted molar refractivity (Wildman–Crippen MR) is 146 cm³/mol. The van der Waals surface area contributed by atoms with Crippen molar-refractivity contribution in [3.8, 4) is 5.75 Å². The number of hydrogen-bond donors (Lipinski definition) is 0. The van der Waals surface area contributed by atoms with Gasteiger partial charge in [-0.25, -0.2) is 0 Å². The number of benzene rings is 1. The Kier molecular flexibility index (Phi) is 12.7. The van der Waals surface area contributed by atoms with E-state index in [4.69, 9.17) is 27.9 Å². The molecule has 0 bridgehead atoms. The molecule has 1 aromatic carbocycles. The molecule has 1 aliphatic rings. The summed E-state index contributed by atoms with van der Waals surface area (Å²) >= 11 is 12.3. The van der Waals surface area contributed by atoms with Crippen LogP contribution in [0.2, 0.25) is 5.02 Å². The van der Waals surface area contributed by atoms with Gasteiger partial charge in [-0.2, -0.15) is 5.10 Å². The molecule has 2 aromatic rings. The van der Waals surface area contributed by atoms with E-state index in [1.165, 1.54) is 0 Å². The number of halogens is 2. The standard InChI is InChI=1S/C24H31Cl2N5O2.C2H6/c1-3-31(28-20(16-25)14-19-6-4-9-27-17-19)18-24(32)30-11-5-10-29(12-13-30)21-7-8-22(26)23(15-21)33-2;1-2/h4,6-9,15,17H,3,5,10-14,16,18H2,1-2H3;1-2H3/b28-20-;. The largest absolute Gasteiger partial charge is 0.495 e. The Labute approximate surface area is 219 Å². The van der Waals surface area contributed by atoms with Crippen LogP contribution >= 0.6 is 23.2 Å². The number of nitrogens with zero attached hydrogens (tertiary/aromatic N) is 5. The van der Waals surface area contributed by atoms with Crippen molar-refractivity contribution in [1.29, 1.82) is 0 Å². The Morgan fingerprint density at radius 1 is 1.20 bits per heavy atom. The molecular formula is C26H37Cl2N5O2. The van der Waals surface area contributed by atoms with Gasteiger partial charge in [0.15, 0.2) is 0 Å². The molecule has 3 rings (SSSR count). The summed E-state index contributed by atoms with van der Waals surface area (Å²) in [5.74, 6) is 1.04. The molecule has 1 fully saturated rings. The van der Waals surface area contributed by atoms with Crippen LogP contribution in [0.5, 0.6) is 5.75 Å². The van der Waals surface area contributed by atoms with E-state index in [1.54, 1.807) is 18.3 Å². The van der Waals surface area contributed by atoms with Gasteiger partial charge in [0.1, 0.15) is 12.3 Å². The molecule has 7 nitrogen and oxygen atoms in total. The predicted octanol–water partition coefficient (Wildman–Crippen LogP) is 4.97. The summed E-state index contributed by atoms with van der Waals surface area (Å²) in [7, 11) is 1.61. The topological polar surface area (TPSA) is 61.3 Å². The Hall–Kier alpha value is -2.51. The number of pyridine rings is 1. The number of alkyl halides is 1. The van der Waals surface area contributed by atoms with E-state index in [0.717, 1.165) is 43.0 Å². The molecular weight excluding hydrogens is 485 g/mol. The molecule has 1 saturated heterocycles. The molecule has 0 radical (unpaired) electrons. The van der Waals surface area contributed by atoms with Gasteiger partial charge in [-0.05, 0) is 37.1 Å². The van der Waals surface area contributed by atoms with E-state index >= 15 is 0 Å². The Morgan fingerprint density at radius 3 is 2.66 bits per heavy atom. The van der Waals surface area contributed by atoms with Crippen molar-refractivity contribution in [3.63, 3.8) is 0 Å². The van der Waals surface area contributed by atoms with Crippen LogP contribution in [-0.2, 0) is 11.2 Å². The second-order valence-corrected chi connectivity index (χ2v) is 8.53. The van der Waals surface area contributed by atoms with Gasteiger partial charge in [-0.15, -0.1) is 11.6 Å². The van der Waals surface area contributed by atoms with E-state index < -0.39 is 0 Å². The van der Waals surface area contributed by atoms with Crippen LogP contribution in [-0.4, -0.2) is 78.8 Å². The first-order valence-corrected chi connectivity index (χ1v) is 13.1. The number of carbonyl (C=O) groups excluding carboxylic acids is 1. The molecule has 0 atom stereocenters. The summed E-state index contributed by atoms with van der Waals surface area (Å²) in [5, 5.41) is 7.05. The maximum Gasteiger partial charge on any atom is 0.243 e. The van der Waals surface area contributed by atoms with Gasteiger partial charge in [0.25, 0.3) is 0 Å². The summed E-state index contributed by atoms with van der Waals surface area (Å²) in [5.41, 5.74) is 2.91. The fourth-order valence-corrected chi connectivity index (χ4v) is 4.13. The van der Waals surface area contributed by atoms with Crippen LogP contribution in [0.25, 0.3) is 0 Å². The number of aromatic nitrogens is 1. The normalized spacial score (nSPS) is 14.1. The monoisotopic (exact) mass is 521 g/mol. The summed E-state index contributed by atoms with van der Waals surface area (Å²) in [6.07, 6.45) is 5.05. The summed E-state index contributed by atoms with van der Waals surface area (Å²) in [6.45, 7) is 9.85. The highest BCUT2D eigenvalue weighted by Gasteiger charge is 2.21. The van der Waals surface area contributed by atoms with Crippen LogP contribution < -0.4 is 9.64 Å². The number of rotatable bonds is 9. The number of amides is 1. The number of hydrogen-bond acceptors (Lipinski definition) is 6. The number of carbonyl (C=O) groups is 1. The highest BCUT2D eigenvalue weighted by Crippen LogP contribution is 2.29. The Balaban J connectivity index is 0.00000210. The molecule has 0 saturated carbocycles. The summed E-state index contributed by atoms with van der Waals surface area (Å²) in [4.78, 5) is 21.4. The molecule has 1 aliphatic heterocycles. The zero-order chi connectivity index (χ0) is 25.6. The van der Waals surface area contributed by atoms with Crippen molar-refractivity contribution in [1.82, 2.24) is 14.9 Å². The number of hydrazone groups is 1. The minimum absolute atomic E-state index is 0.0754. The van der Waals surface area contributed by atoms with Gasteiger partial charge in [0, 0.05) is 63.3 Å². The average molecular weight is 523 g/mol. The van der Waals surface area contributed by atoms with E-state index in [9.17, 15) is 4.79 Å². The van der Waals surface area contributed by atoms with Crippen molar-refractivity contribution < 1.29 is 9.53 Å². The third kappa shape index (κ3) is 8.89. The maximum absolute atomic E-state index is 13.1. The number of anilines is 1. The van der Waals surface area contributed by atoms with Gasteiger partial charge in [-0.1, -0.05) is 31.5 Å². The number of ether oxygens (including phenoxy) is 1. The zero-order valence-electron chi connectivity index (χ0n) is 21.2. The molecule has 0 N–H and O–H groups in total. The summed E-state index contributed by atoms with van der Waals surface area (Å²) in [6, 6.07) is 9.68. The fraction of sp³-hybridized carbons (Fsp3) is 0.500. The minimum atomic E-state index is 0.0754. The zero-order valence-corrected chi connectivity index (χ0v) is 22.7. The van der Waals surface area contributed by atoms with E-state index in [0.29, 0.717) is 36.2 Å². The average Bonchev–Trinajstić information content (AvgIpc) is 3.16. The highest BCUT2D eigenvalue weighted by molar-refractivity contribution is 6.32.